The predicted octanol–water partition coefficient (Wildman–Crippen LogP) is 4.16. The first-order valence-electron chi connectivity index (χ1n) is 7.94. The standard InChI is InChI=1S/C20H21NO2S/c1-13-8-9-14(2)16(10-13)19(22)21-12-20(3,23)18-11-15-6-4-5-7-17(15)24-18/h4-11,23H,12H2,1-3H3,(H,21,22). The van der Waals surface area contributed by atoms with Crippen LogP contribution in [0.2, 0.25) is 0 Å². The molecule has 3 nitrogen and oxygen atoms in total. The van der Waals surface area contributed by atoms with Gasteiger partial charge in [0.25, 0.3) is 5.91 Å². The van der Waals surface area contributed by atoms with Crippen molar-refractivity contribution in [1.29, 1.82) is 0 Å². The number of aliphatic hydroxyl groups is 1. The summed E-state index contributed by atoms with van der Waals surface area (Å²) in [6.45, 7) is 5.79. The highest BCUT2D eigenvalue weighted by Gasteiger charge is 2.26. The van der Waals surface area contributed by atoms with Crippen LogP contribution in [0.4, 0.5) is 0 Å². The molecule has 1 atom stereocenters. The quantitative estimate of drug-likeness (QED) is 0.750. The number of hydrogen-bond acceptors (Lipinski definition) is 3. The van der Waals surface area contributed by atoms with Crippen molar-refractivity contribution in [3.05, 3.63) is 70.1 Å². The number of amides is 1. The molecule has 124 valence electrons. The molecule has 0 spiro atoms. The van der Waals surface area contributed by atoms with Crippen molar-refractivity contribution in [2.45, 2.75) is 26.4 Å². The first-order chi connectivity index (χ1) is 11.4. The Kier molecular flexibility index (Phi) is 4.43. The highest BCUT2D eigenvalue weighted by Crippen LogP contribution is 2.32. The summed E-state index contributed by atoms with van der Waals surface area (Å²) in [6, 6.07) is 15.8. The summed E-state index contributed by atoms with van der Waals surface area (Å²) < 4.78 is 1.13. The Balaban J connectivity index is 1.77. The molecule has 0 aliphatic rings. The average Bonchev–Trinajstić information content (AvgIpc) is 3.00. The van der Waals surface area contributed by atoms with Gasteiger partial charge in [0.05, 0.1) is 6.54 Å². The molecule has 3 aromatic rings. The van der Waals surface area contributed by atoms with E-state index in [1.807, 2.05) is 62.4 Å². The molecule has 0 fully saturated rings. The van der Waals surface area contributed by atoms with E-state index in [4.69, 9.17) is 0 Å². The molecule has 2 aromatic carbocycles. The van der Waals surface area contributed by atoms with E-state index >= 15 is 0 Å². The van der Waals surface area contributed by atoms with Crippen molar-refractivity contribution in [2.75, 3.05) is 6.54 Å². The summed E-state index contributed by atoms with van der Waals surface area (Å²) in [5.74, 6) is -0.155. The summed E-state index contributed by atoms with van der Waals surface area (Å²) in [6.07, 6.45) is 0. The summed E-state index contributed by atoms with van der Waals surface area (Å²) >= 11 is 1.56. The number of hydrogen-bond donors (Lipinski definition) is 2. The zero-order valence-corrected chi connectivity index (χ0v) is 14.9. The average molecular weight is 339 g/mol. The van der Waals surface area contributed by atoms with Gasteiger partial charge in [-0.3, -0.25) is 4.79 Å². The van der Waals surface area contributed by atoms with Crippen molar-refractivity contribution in [1.82, 2.24) is 5.32 Å². The molecule has 1 amide bonds. The first-order valence-corrected chi connectivity index (χ1v) is 8.75. The second-order valence-corrected chi connectivity index (χ2v) is 7.51. The Morgan fingerprint density at radius 2 is 1.92 bits per heavy atom. The Hall–Kier alpha value is -2.17. The van der Waals surface area contributed by atoms with E-state index in [0.717, 1.165) is 26.1 Å². The van der Waals surface area contributed by atoms with Gasteiger partial charge in [-0.1, -0.05) is 35.9 Å². The molecule has 0 saturated carbocycles. The zero-order valence-electron chi connectivity index (χ0n) is 14.1. The summed E-state index contributed by atoms with van der Waals surface area (Å²) in [4.78, 5) is 13.3. The van der Waals surface area contributed by atoms with E-state index in [1.54, 1.807) is 18.3 Å². The Morgan fingerprint density at radius 3 is 2.67 bits per heavy atom. The van der Waals surface area contributed by atoms with Crippen molar-refractivity contribution >= 4 is 27.3 Å². The first kappa shape index (κ1) is 16.7. The van der Waals surface area contributed by atoms with Gasteiger partial charge in [0.2, 0.25) is 0 Å². The fourth-order valence-corrected chi connectivity index (χ4v) is 3.77. The molecule has 4 heteroatoms. The van der Waals surface area contributed by atoms with Crippen LogP contribution >= 0.6 is 11.3 Å². The molecular formula is C20H21NO2S. The SMILES string of the molecule is Cc1ccc(C)c(C(=O)NCC(C)(O)c2cc3ccccc3s2)c1. The predicted molar refractivity (Wildman–Crippen MR) is 99.6 cm³/mol. The maximum Gasteiger partial charge on any atom is 0.251 e. The van der Waals surface area contributed by atoms with E-state index < -0.39 is 5.60 Å². The Bertz CT molecular complexity index is 863. The molecule has 1 unspecified atom stereocenters. The molecular weight excluding hydrogens is 318 g/mol. The molecule has 0 aliphatic heterocycles. The molecule has 1 heterocycles. The zero-order chi connectivity index (χ0) is 17.3. The van der Waals surface area contributed by atoms with E-state index in [0.29, 0.717) is 5.56 Å². The van der Waals surface area contributed by atoms with Gasteiger partial charge in [-0.25, -0.2) is 0 Å². The van der Waals surface area contributed by atoms with Gasteiger partial charge in [-0.05, 0) is 49.9 Å². The molecule has 3 rings (SSSR count). The number of fused-ring (bicyclic) bond motifs is 1. The molecule has 0 radical (unpaired) electrons. The maximum absolute atomic E-state index is 12.4. The van der Waals surface area contributed by atoms with Gasteiger partial charge in [0.15, 0.2) is 0 Å². The fourth-order valence-electron chi connectivity index (χ4n) is 2.66. The lowest BCUT2D eigenvalue weighted by Crippen LogP contribution is -2.38. The highest BCUT2D eigenvalue weighted by molar-refractivity contribution is 7.19. The van der Waals surface area contributed by atoms with E-state index in [1.165, 1.54) is 0 Å². The fraction of sp³-hybridized carbons (Fsp3) is 0.250. The van der Waals surface area contributed by atoms with Gasteiger partial charge in [-0.15, -0.1) is 11.3 Å². The molecule has 24 heavy (non-hydrogen) atoms. The minimum atomic E-state index is -1.10. The normalized spacial score (nSPS) is 13.7. The second-order valence-electron chi connectivity index (χ2n) is 6.42. The van der Waals surface area contributed by atoms with Crippen LogP contribution < -0.4 is 5.32 Å². The van der Waals surface area contributed by atoms with Gasteiger partial charge in [-0.2, -0.15) is 0 Å². The van der Waals surface area contributed by atoms with Crippen LogP contribution in [0.15, 0.2) is 48.5 Å². The van der Waals surface area contributed by atoms with Gasteiger partial charge >= 0.3 is 0 Å². The number of benzene rings is 2. The third kappa shape index (κ3) is 3.35. The largest absolute Gasteiger partial charge is 0.383 e. The minimum absolute atomic E-state index is 0.155. The molecule has 2 N–H and O–H groups in total. The number of rotatable bonds is 4. The van der Waals surface area contributed by atoms with Crippen LogP contribution in [0.1, 0.15) is 33.3 Å². The van der Waals surface area contributed by atoms with Crippen LogP contribution in [-0.4, -0.2) is 17.6 Å². The lowest BCUT2D eigenvalue weighted by atomic mass is 10.0. The topological polar surface area (TPSA) is 49.3 Å². The van der Waals surface area contributed by atoms with Crippen LogP contribution in [-0.2, 0) is 5.60 Å². The van der Waals surface area contributed by atoms with Gasteiger partial charge in [0.1, 0.15) is 5.60 Å². The van der Waals surface area contributed by atoms with Crippen LogP contribution in [0.3, 0.4) is 0 Å². The van der Waals surface area contributed by atoms with Crippen molar-refractivity contribution in [3.8, 4) is 0 Å². The van der Waals surface area contributed by atoms with Crippen LogP contribution in [0, 0.1) is 13.8 Å². The smallest absolute Gasteiger partial charge is 0.251 e. The van der Waals surface area contributed by atoms with E-state index in [2.05, 4.69) is 5.32 Å². The van der Waals surface area contributed by atoms with Crippen molar-refractivity contribution in [3.63, 3.8) is 0 Å². The number of carbonyl (C=O) groups is 1. The lowest BCUT2D eigenvalue weighted by molar-refractivity contribution is 0.0557. The van der Waals surface area contributed by atoms with Gasteiger partial charge in [0, 0.05) is 15.1 Å². The monoisotopic (exact) mass is 339 g/mol. The van der Waals surface area contributed by atoms with Crippen LogP contribution in [0.25, 0.3) is 10.1 Å². The van der Waals surface area contributed by atoms with Crippen LogP contribution in [0.5, 0.6) is 0 Å². The minimum Gasteiger partial charge on any atom is -0.383 e. The summed E-state index contributed by atoms with van der Waals surface area (Å²) in [5.41, 5.74) is 1.53. The molecule has 1 aromatic heterocycles. The summed E-state index contributed by atoms with van der Waals surface area (Å²) in [7, 11) is 0. The molecule has 0 aliphatic carbocycles. The third-order valence-corrected chi connectivity index (χ3v) is 5.56. The van der Waals surface area contributed by atoms with E-state index in [9.17, 15) is 9.90 Å². The number of thiophene rings is 1. The highest BCUT2D eigenvalue weighted by atomic mass is 32.1. The molecule has 0 saturated heterocycles. The number of nitrogens with one attached hydrogen (secondary N) is 1. The number of aryl methyl sites for hydroxylation is 2. The number of carbonyl (C=O) groups excluding carboxylic acids is 1. The second kappa shape index (κ2) is 6.38. The van der Waals surface area contributed by atoms with E-state index in [-0.39, 0.29) is 12.5 Å². The van der Waals surface area contributed by atoms with Crippen molar-refractivity contribution < 1.29 is 9.90 Å². The third-order valence-electron chi connectivity index (χ3n) is 4.19. The van der Waals surface area contributed by atoms with Crippen molar-refractivity contribution in [2.24, 2.45) is 0 Å². The Morgan fingerprint density at radius 1 is 1.17 bits per heavy atom. The summed E-state index contributed by atoms with van der Waals surface area (Å²) in [5, 5.41) is 14.8. The maximum atomic E-state index is 12.4. The lowest BCUT2D eigenvalue weighted by Gasteiger charge is -2.22. The Labute approximate surface area is 146 Å². The molecule has 0 bridgehead atoms. The van der Waals surface area contributed by atoms with Gasteiger partial charge < -0.3 is 10.4 Å².